The van der Waals surface area contributed by atoms with Gasteiger partial charge in [0.25, 0.3) is 0 Å². The lowest BCUT2D eigenvalue weighted by molar-refractivity contribution is -0.297. The molecule has 0 aromatic carbocycles. The van der Waals surface area contributed by atoms with Gasteiger partial charge >= 0.3 is 0 Å². The zero-order chi connectivity index (χ0) is 18.7. The summed E-state index contributed by atoms with van der Waals surface area (Å²) >= 11 is 0. The summed E-state index contributed by atoms with van der Waals surface area (Å²) in [4.78, 5) is 0. The van der Waals surface area contributed by atoms with Crippen LogP contribution >= 0.6 is 0 Å². The summed E-state index contributed by atoms with van der Waals surface area (Å²) < 4.78 is 19.1. The monoisotopic (exact) mass is 356 g/mol. The second-order valence-corrected chi connectivity index (χ2v) is 14.1. The summed E-state index contributed by atoms with van der Waals surface area (Å²) in [5.41, 5.74) is 1.71. The molecule has 0 aromatic heterocycles. The Kier molecular flexibility index (Phi) is 7.73. The van der Waals surface area contributed by atoms with Gasteiger partial charge in [-0.2, -0.15) is 0 Å². The Labute approximate surface area is 151 Å². The highest BCUT2D eigenvalue weighted by molar-refractivity contribution is 6.77. The molecule has 0 aliphatic carbocycles. The van der Waals surface area contributed by atoms with Gasteiger partial charge in [0.1, 0.15) is 0 Å². The molecule has 0 unspecified atom stereocenters. The average Bonchev–Trinajstić information content (AvgIpc) is 2.41. The molecule has 1 saturated heterocycles. The van der Waals surface area contributed by atoms with E-state index in [9.17, 15) is 0 Å². The van der Waals surface area contributed by atoms with Crippen molar-refractivity contribution in [2.45, 2.75) is 103 Å². The molecule has 0 bridgehead atoms. The molecule has 0 spiro atoms. The Bertz CT molecular complexity index is 382. The number of hydrogen-bond acceptors (Lipinski definition) is 3. The van der Waals surface area contributed by atoms with E-state index >= 15 is 0 Å². The van der Waals surface area contributed by atoms with E-state index in [1.165, 1.54) is 0 Å². The first kappa shape index (κ1) is 21.9. The smallest absolute Gasteiger partial charge is 0.200 e. The van der Waals surface area contributed by atoms with Crippen molar-refractivity contribution >= 4 is 8.32 Å². The summed E-state index contributed by atoms with van der Waals surface area (Å²) in [6.45, 7) is 24.8. The van der Waals surface area contributed by atoms with Gasteiger partial charge in [-0.1, -0.05) is 47.6 Å². The Morgan fingerprint density at radius 1 is 1.12 bits per heavy atom. The Balaban J connectivity index is 3.08. The lowest BCUT2D eigenvalue weighted by Gasteiger charge is -2.49. The first-order chi connectivity index (χ1) is 11.0. The molecule has 3 atom stereocenters. The van der Waals surface area contributed by atoms with Gasteiger partial charge in [-0.3, -0.25) is 0 Å². The summed E-state index contributed by atoms with van der Waals surface area (Å²) in [6, 6.07) is 0. The van der Waals surface area contributed by atoms with E-state index in [0.29, 0.717) is 23.2 Å². The maximum Gasteiger partial charge on any atom is 0.200 e. The minimum Gasteiger partial charge on any atom is -0.412 e. The minimum absolute atomic E-state index is 0.118. The van der Waals surface area contributed by atoms with Crippen LogP contribution < -0.4 is 0 Å². The molecule has 1 fully saturated rings. The third-order valence-corrected chi connectivity index (χ3v) is 11.8. The van der Waals surface area contributed by atoms with E-state index in [4.69, 9.17) is 13.9 Å². The van der Waals surface area contributed by atoms with Crippen molar-refractivity contribution in [1.29, 1.82) is 0 Å². The quantitative estimate of drug-likeness (QED) is 0.399. The molecule has 0 amide bonds. The van der Waals surface area contributed by atoms with Crippen molar-refractivity contribution in [3.63, 3.8) is 0 Å². The van der Waals surface area contributed by atoms with Gasteiger partial charge in [0, 0.05) is 5.92 Å². The third kappa shape index (κ3) is 4.72. The highest BCUT2D eigenvalue weighted by atomic mass is 28.4. The molecule has 142 valence electrons. The highest BCUT2D eigenvalue weighted by Gasteiger charge is 2.49. The lowest BCUT2D eigenvalue weighted by Crippen LogP contribution is -2.55. The molecule has 1 rings (SSSR count). The van der Waals surface area contributed by atoms with Crippen LogP contribution in [0.4, 0.5) is 0 Å². The van der Waals surface area contributed by atoms with Crippen LogP contribution in [0.15, 0.2) is 12.7 Å². The lowest BCUT2D eigenvalue weighted by atomic mass is 9.94. The van der Waals surface area contributed by atoms with Gasteiger partial charge in [-0.15, -0.1) is 6.58 Å². The van der Waals surface area contributed by atoms with Gasteiger partial charge in [0.2, 0.25) is 8.32 Å². The molecule has 3 nitrogen and oxygen atoms in total. The standard InChI is InChI=1S/C20H40O3Si/c1-11-12-19(18-13-21-20(9,10)22-17(18)8)23-24(14(2)3,15(4)5)16(6)7/h11,14-19H,1,12-13H2,2-10H3/t17-,18-,19+/m0/s1. The molecule has 1 heterocycles. The Morgan fingerprint density at radius 3 is 2.00 bits per heavy atom. The second-order valence-electron chi connectivity index (χ2n) is 8.70. The molecular weight excluding hydrogens is 316 g/mol. The third-order valence-electron chi connectivity index (χ3n) is 5.64. The largest absolute Gasteiger partial charge is 0.412 e. The fourth-order valence-electron chi connectivity index (χ4n) is 4.56. The van der Waals surface area contributed by atoms with E-state index in [-0.39, 0.29) is 18.1 Å². The van der Waals surface area contributed by atoms with Crippen LogP contribution in [0.1, 0.15) is 68.7 Å². The molecule has 1 aliphatic heterocycles. The molecule has 1 aliphatic rings. The SMILES string of the molecule is C=CC[C@@H](O[Si](C(C)C)(C(C)C)C(C)C)[C@H]1COC(C)(C)O[C@H]1C. The van der Waals surface area contributed by atoms with Crippen molar-refractivity contribution in [2.75, 3.05) is 6.61 Å². The molecule has 0 aromatic rings. The molecule has 0 radical (unpaired) electrons. The number of rotatable bonds is 8. The van der Waals surface area contributed by atoms with E-state index in [1.54, 1.807) is 0 Å². The molecule has 0 saturated carbocycles. The van der Waals surface area contributed by atoms with E-state index < -0.39 is 14.1 Å². The van der Waals surface area contributed by atoms with Gasteiger partial charge in [-0.25, -0.2) is 0 Å². The maximum atomic E-state index is 7.05. The van der Waals surface area contributed by atoms with E-state index in [0.717, 1.165) is 6.42 Å². The molecule has 24 heavy (non-hydrogen) atoms. The van der Waals surface area contributed by atoms with Gasteiger partial charge in [0.15, 0.2) is 5.79 Å². The van der Waals surface area contributed by atoms with Crippen LogP contribution in [0.5, 0.6) is 0 Å². The van der Waals surface area contributed by atoms with E-state index in [2.05, 4.69) is 55.0 Å². The zero-order valence-corrected chi connectivity index (χ0v) is 18.4. The van der Waals surface area contributed by atoms with Crippen LogP contribution in [-0.4, -0.2) is 32.9 Å². The minimum atomic E-state index is -1.94. The number of hydrogen-bond donors (Lipinski definition) is 0. The predicted octanol–water partition coefficient (Wildman–Crippen LogP) is 5.91. The average molecular weight is 357 g/mol. The van der Waals surface area contributed by atoms with Crippen molar-refractivity contribution in [3.05, 3.63) is 12.7 Å². The van der Waals surface area contributed by atoms with Crippen molar-refractivity contribution in [1.82, 2.24) is 0 Å². The van der Waals surface area contributed by atoms with Crippen molar-refractivity contribution in [3.8, 4) is 0 Å². The van der Waals surface area contributed by atoms with Crippen LogP contribution in [0, 0.1) is 5.92 Å². The van der Waals surface area contributed by atoms with Crippen LogP contribution in [0.3, 0.4) is 0 Å². The maximum absolute atomic E-state index is 7.05. The van der Waals surface area contributed by atoms with Crippen molar-refractivity contribution in [2.24, 2.45) is 5.92 Å². The summed E-state index contributed by atoms with van der Waals surface area (Å²) in [5.74, 6) is -0.253. The predicted molar refractivity (Wildman–Crippen MR) is 105 cm³/mol. The van der Waals surface area contributed by atoms with Crippen LogP contribution in [-0.2, 0) is 13.9 Å². The zero-order valence-electron chi connectivity index (χ0n) is 17.4. The topological polar surface area (TPSA) is 27.7 Å². The molecule has 0 N–H and O–H groups in total. The molecule has 4 heteroatoms. The fraction of sp³-hybridized carbons (Fsp3) is 0.900. The van der Waals surface area contributed by atoms with Gasteiger partial charge < -0.3 is 13.9 Å². The number of ether oxygens (including phenoxy) is 2. The first-order valence-electron chi connectivity index (χ1n) is 9.58. The summed E-state index contributed by atoms with van der Waals surface area (Å²) in [5, 5.41) is 0. The van der Waals surface area contributed by atoms with Crippen molar-refractivity contribution < 1.29 is 13.9 Å². The molecular formula is C20H40O3Si. The highest BCUT2D eigenvalue weighted by Crippen LogP contribution is 2.45. The summed E-state index contributed by atoms with van der Waals surface area (Å²) in [7, 11) is -1.94. The van der Waals surface area contributed by atoms with E-state index in [1.807, 2.05) is 19.9 Å². The summed E-state index contributed by atoms with van der Waals surface area (Å²) in [6.07, 6.45) is 3.07. The Morgan fingerprint density at radius 2 is 1.62 bits per heavy atom. The van der Waals surface area contributed by atoms with Crippen LogP contribution in [0.25, 0.3) is 0 Å². The first-order valence-corrected chi connectivity index (χ1v) is 11.7. The normalized spacial score (nSPS) is 26.2. The van der Waals surface area contributed by atoms with Crippen LogP contribution in [0.2, 0.25) is 16.6 Å². The fourth-order valence-corrected chi connectivity index (χ4v) is 10.2. The second kappa shape index (κ2) is 8.48. The van der Waals surface area contributed by atoms with Gasteiger partial charge in [0.05, 0.1) is 18.8 Å². The Hall–Kier alpha value is -0.163. The van der Waals surface area contributed by atoms with Gasteiger partial charge in [-0.05, 0) is 43.8 Å².